The van der Waals surface area contributed by atoms with E-state index in [0.717, 1.165) is 64.2 Å². The van der Waals surface area contributed by atoms with Gasteiger partial charge in [0, 0.05) is 19.3 Å². The maximum Gasteiger partial charge on any atom is 0.362 e. The Kier molecular flexibility index (Phi) is 34.8. The molecule has 0 bridgehead atoms. The van der Waals surface area contributed by atoms with Crippen molar-refractivity contribution in [3.05, 3.63) is 36.5 Å². The lowest BCUT2D eigenvalue weighted by Gasteiger charge is -2.31. The number of rotatable bonds is 38. The molecule has 0 aromatic heterocycles. The van der Waals surface area contributed by atoms with E-state index in [1.54, 1.807) is 0 Å². The van der Waals surface area contributed by atoms with Gasteiger partial charge in [0.25, 0.3) is 0 Å². The predicted molar refractivity (Wildman–Crippen MR) is 220 cm³/mol. The molecular formula is C45H82NO7+. The summed E-state index contributed by atoms with van der Waals surface area (Å²) < 4.78 is 17.2. The number of nitrogens with zero attached hydrogens (tertiary/aromatic N) is 1. The summed E-state index contributed by atoms with van der Waals surface area (Å²) in [7, 11) is 5.51. The molecule has 0 radical (unpaired) electrons. The zero-order valence-electron chi connectivity index (χ0n) is 35.0. The number of allylic oxidation sites excluding steroid dienone is 6. The molecule has 8 heteroatoms. The molecular weight excluding hydrogens is 666 g/mol. The number of hydrogen-bond acceptors (Lipinski definition) is 6. The number of esters is 2. The molecule has 1 N–H and O–H groups in total. The van der Waals surface area contributed by atoms with Gasteiger partial charge in [-0.1, -0.05) is 134 Å². The number of carboxylic acids is 1. The van der Waals surface area contributed by atoms with Crippen LogP contribution >= 0.6 is 0 Å². The number of unbranched alkanes of at least 4 members (excludes halogenated alkanes) is 19. The summed E-state index contributed by atoms with van der Waals surface area (Å²) in [6, 6.07) is -0.617. The van der Waals surface area contributed by atoms with Crippen molar-refractivity contribution in [3.63, 3.8) is 0 Å². The molecule has 0 saturated carbocycles. The highest BCUT2D eigenvalue weighted by Crippen LogP contribution is 2.13. The van der Waals surface area contributed by atoms with Gasteiger partial charge in [-0.3, -0.25) is 9.59 Å². The maximum absolute atomic E-state index is 12.7. The average molecular weight is 749 g/mol. The molecule has 2 unspecified atom stereocenters. The molecule has 0 aliphatic carbocycles. The van der Waals surface area contributed by atoms with Crippen LogP contribution in [0.25, 0.3) is 0 Å². The molecule has 0 aromatic rings. The van der Waals surface area contributed by atoms with Crippen LogP contribution in [-0.2, 0) is 28.6 Å². The second kappa shape index (κ2) is 36.5. The molecule has 0 aliphatic heterocycles. The molecule has 2 atom stereocenters. The number of aliphatic carboxylic acids is 1. The summed E-state index contributed by atoms with van der Waals surface area (Å²) in [4.78, 5) is 36.9. The second-order valence-electron chi connectivity index (χ2n) is 15.6. The highest BCUT2D eigenvalue weighted by atomic mass is 16.6. The van der Waals surface area contributed by atoms with Gasteiger partial charge in [-0.25, -0.2) is 4.79 Å². The fourth-order valence-corrected chi connectivity index (χ4v) is 6.13. The SMILES string of the molecule is CCCCC/C=C/C=C/CCCCCCCCC(=O)OCC(COCCC(C(=O)O)[N+](C)(C)C)OC(=O)CCCCC/C=C/CCCCCCCCC. The molecule has 0 saturated heterocycles. The largest absolute Gasteiger partial charge is 0.477 e. The van der Waals surface area contributed by atoms with Crippen molar-refractivity contribution < 1.29 is 38.2 Å². The van der Waals surface area contributed by atoms with Crippen molar-refractivity contribution in [3.8, 4) is 0 Å². The lowest BCUT2D eigenvalue weighted by molar-refractivity contribution is -0.887. The third kappa shape index (κ3) is 35.0. The summed E-state index contributed by atoms with van der Waals surface area (Å²) in [5.74, 6) is -1.50. The van der Waals surface area contributed by atoms with E-state index in [1.807, 2.05) is 21.1 Å². The summed E-state index contributed by atoms with van der Waals surface area (Å²) >= 11 is 0. The van der Waals surface area contributed by atoms with Gasteiger partial charge in [0.15, 0.2) is 12.1 Å². The zero-order chi connectivity index (χ0) is 39.3. The molecule has 0 amide bonds. The van der Waals surface area contributed by atoms with E-state index in [0.29, 0.717) is 19.3 Å². The number of carbonyl (C=O) groups is 3. The number of likely N-dealkylation sites (N-methyl/N-ethyl adjacent to an activating group) is 1. The van der Waals surface area contributed by atoms with Gasteiger partial charge in [0.2, 0.25) is 0 Å². The third-order valence-electron chi connectivity index (χ3n) is 9.54. The van der Waals surface area contributed by atoms with Gasteiger partial charge in [0.1, 0.15) is 6.61 Å². The Labute approximate surface area is 325 Å². The fraction of sp³-hybridized carbons (Fsp3) is 0.800. The van der Waals surface area contributed by atoms with Gasteiger partial charge in [0.05, 0.1) is 34.4 Å². The number of ether oxygens (including phenoxy) is 3. The minimum absolute atomic E-state index is 0.0521. The van der Waals surface area contributed by atoms with Crippen LogP contribution < -0.4 is 0 Å². The van der Waals surface area contributed by atoms with Crippen molar-refractivity contribution in [2.75, 3.05) is 41.0 Å². The number of carboxylic acid groups (broad SMARTS) is 1. The molecule has 53 heavy (non-hydrogen) atoms. The van der Waals surface area contributed by atoms with Crippen molar-refractivity contribution in [2.24, 2.45) is 0 Å². The molecule has 0 rings (SSSR count). The van der Waals surface area contributed by atoms with Crippen LogP contribution in [-0.4, -0.2) is 80.6 Å². The molecule has 0 spiro atoms. The van der Waals surface area contributed by atoms with E-state index in [2.05, 4.69) is 50.3 Å². The van der Waals surface area contributed by atoms with E-state index in [1.165, 1.54) is 83.5 Å². The normalized spacial score (nSPS) is 13.3. The lowest BCUT2D eigenvalue weighted by atomic mass is 10.1. The second-order valence-corrected chi connectivity index (χ2v) is 15.6. The first-order valence-corrected chi connectivity index (χ1v) is 21.5. The van der Waals surface area contributed by atoms with Crippen LogP contribution in [0.5, 0.6) is 0 Å². The van der Waals surface area contributed by atoms with E-state index in [4.69, 9.17) is 14.2 Å². The lowest BCUT2D eigenvalue weighted by Crippen LogP contribution is -2.50. The summed E-state index contributed by atoms with van der Waals surface area (Å²) in [6.07, 6.45) is 40.4. The van der Waals surface area contributed by atoms with Crippen molar-refractivity contribution in [1.82, 2.24) is 0 Å². The van der Waals surface area contributed by atoms with Gasteiger partial charge in [-0.05, 0) is 64.2 Å². The standard InChI is InChI=1S/C45H81NO7/c1-6-8-10-12-14-16-18-20-22-24-25-27-29-31-33-35-43(47)52-40-41(39-51-38-37-42(45(49)50)46(3,4)5)53-44(48)36-34-32-30-28-26-23-21-19-17-15-13-11-9-7-2/h14,16,18,20,23,26,41-42H,6-13,15,17,19,21-22,24-25,27-40H2,1-5H3/p+1/b16-14+,20-18+,26-23+. The van der Waals surface area contributed by atoms with Crippen molar-refractivity contribution in [1.29, 1.82) is 0 Å². The quantitative estimate of drug-likeness (QED) is 0.0221. The topological polar surface area (TPSA) is 99.1 Å². The molecule has 0 heterocycles. The summed E-state index contributed by atoms with van der Waals surface area (Å²) in [5, 5.41) is 9.61. The Morgan fingerprint density at radius 1 is 0.566 bits per heavy atom. The number of hydrogen-bond donors (Lipinski definition) is 1. The number of quaternary nitrogens is 1. The monoisotopic (exact) mass is 749 g/mol. The maximum atomic E-state index is 12.7. The third-order valence-corrected chi connectivity index (χ3v) is 9.54. The minimum atomic E-state index is -0.879. The summed E-state index contributed by atoms with van der Waals surface area (Å²) in [5.41, 5.74) is 0. The minimum Gasteiger partial charge on any atom is -0.477 e. The van der Waals surface area contributed by atoms with Crippen molar-refractivity contribution >= 4 is 17.9 Å². The van der Waals surface area contributed by atoms with Crippen LogP contribution in [0.1, 0.15) is 181 Å². The van der Waals surface area contributed by atoms with E-state index < -0.39 is 18.1 Å². The van der Waals surface area contributed by atoms with Gasteiger partial charge < -0.3 is 23.8 Å². The molecule has 0 aromatic carbocycles. The van der Waals surface area contributed by atoms with Crippen LogP contribution in [0.2, 0.25) is 0 Å². The van der Waals surface area contributed by atoms with Gasteiger partial charge >= 0.3 is 17.9 Å². The summed E-state index contributed by atoms with van der Waals surface area (Å²) in [6.45, 7) is 4.67. The molecule has 0 fully saturated rings. The van der Waals surface area contributed by atoms with E-state index in [9.17, 15) is 19.5 Å². The van der Waals surface area contributed by atoms with Crippen LogP contribution in [0.4, 0.5) is 0 Å². The first kappa shape index (κ1) is 50.5. The molecule has 308 valence electrons. The Bertz CT molecular complexity index is 968. The van der Waals surface area contributed by atoms with Crippen LogP contribution in [0, 0.1) is 0 Å². The Morgan fingerprint density at radius 2 is 1.00 bits per heavy atom. The fourth-order valence-electron chi connectivity index (χ4n) is 6.13. The van der Waals surface area contributed by atoms with Crippen molar-refractivity contribution in [2.45, 2.75) is 193 Å². The zero-order valence-corrected chi connectivity index (χ0v) is 35.0. The first-order chi connectivity index (χ1) is 25.6. The van der Waals surface area contributed by atoms with Gasteiger partial charge in [-0.2, -0.15) is 0 Å². The van der Waals surface area contributed by atoms with Gasteiger partial charge in [-0.15, -0.1) is 0 Å². The van der Waals surface area contributed by atoms with Crippen LogP contribution in [0.15, 0.2) is 36.5 Å². The molecule has 8 nitrogen and oxygen atoms in total. The highest BCUT2D eigenvalue weighted by Gasteiger charge is 2.31. The molecule has 0 aliphatic rings. The first-order valence-electron chi connectivity index (χ1n) is 21.5. The Balaban J connectivity index is 4.40. The number of carbonyl (C=O) groups excluding carboxylic acids is 2. The van der Waals surface area contributed by atoms with E-state index in [-0.39, 0.29) is 36.2 Å². The Morgan fingerprint density at radius 3 is 1.53 bits per heavy atom. The smallest absolute Gasteiger partial charge is 0.362 e. The highest BCUT2D eigenvalue weighted by molar-refractivity contribution is 5.72. The average Bonchev–Trinajstić information content (AvgIpc) is 3.11. The van der Waals surface area contributed by atoms with E-state index >= 15 is 0 Å². The Hall–Kier alpha value is -2.45. The predicted octanol–water partition coefficient (Wildman–Crippen LogP) is 11.5. The van der Waals surface area contributed by atoms with Crippen LogP contribution in [0.3, 0.4) is 0 Å².